The van der Waals surface area contributed by atoms with E-state index in [0.717, 1.165) is 13.0 Å². The Bertz CT molecular complexity index is 352. The van der Waals surface area contributed by atoms with Crippen LogP contribution in [0, 0.1) is 23.7 Å². The molecule has 2 rings (SSSR count). The van der Waals surface area contributed by atoms with Gasteiger partial charge >= 0.3 is 0 Å². The first-order valence-electron chi connectivity index (χ1n) is 8.95. The summed E-state index contributed by atoms with van der Waals surface area (Å²) in [5.41, 5.74) is 0.137. The highest BCUT2D eigenvalue weighted by atomic mass is 16.5. The number of hydrogen-bond acceptors (Lipinski definition) is 2. The Morgan fingerprint density at radius 2 is 1.57 bits per heavy atom. The third-order valence-corrected chi connectivity index (χ3v) is 5.57. The molecule has 2 aliphatic heterocycles. The Morgan fingerprint density at radius 1 is 1.00 bits per heavy atom. The van der Waals surface area contributed by atoms with Crippen LogP contribution >= 0.6 is 0 Å². The van der Waals surface area contributed by atoms with E-state index in [0.29, 0.717) is 29.8 Å². The summed E-state index contributed by atoms with van der Waals surface area (Å²) in [4.78, 5) is 0. The van der Waals surface area contributed by atoms with Crippen molar-refractivity contribution >= 4 is 0 Å². The van der Waals surface area contributed by atoms with E-state index < -0.39 is 0 Å². The van der Waals surface area contributed by atoms with Crippen LogP contribution < -0.4 is 0 Å². The minimum atomic E-state index is 0. The molecule has 2 fully saturated rings. The van der Waals surface area contributed by atoms with Gasteiger partial charge in [-0.2, -0.15) is 0 Å². The van der Waals surface area contributed by atoms with Crippen LogP contribution in [0.25, 0.3) is 0 Å². The van der Waals surface area contributed by atoms with Crippen LogP contribution in [0.3, 0.4) is 0 Å². The van der Waals surface area contributed by atoms with Crippen molar-refractivity contribution < 1.29 is 9.47 Å². The minimum Gasteiger partial charge on any atom is -0.375 e. The first-order chi connectivity index (χ1) is 9.63. The van der Waals surface area contributed by atoms with Gasteiger partial charge < -0.3 is 9.47 Å². The largest absolute Gasteiger partial charge is 0.375 e. The standard InChI is InChI=1S/C19H36O2.2CH4/c1-13(2)9-18(6)11-16(12-20-18)17-8-15(5)19(7,21-17)10-14(3)4;;/h13-17H,8-12H2,1-7H3;2*1H4. The summed E-state index contributed by atoms with van der Waals surface area (Å²) in [5, 5.41) is 0. The summed E-state index contributed by atoms with van der Waals surface area (Å²) >= 11 is 0. The molecule has 2 saturated heterocycles. The Kier molecular flexibility index (Phi) is 8.31. The second-order valence-electron chi connectivity index (χ2n) is 9.03. The van der Waals surface area contributed by atoms with Crippen LogP contribution in [0.5, 0.6) is 0 Å². The van der Waals surface area contributed by atoms with Crippen LogP contribution in [-0.4, -0.2) is 23.9 Å². The van der Waals surface area contributed by atoms with Crippen molar-refractivity contribution in [1.82, 2.24) is 0 Å². The Balaban J connectivity index is 0.00000242. The highest BCUT2D eigenvalue weighted by molar-refractivity contribution is 4.97. The lowest BCUT2D eigenvalue weighted by molar-refractivity contribution is -0.0743. The lowest BCUT2D eigenvalue weighted by Crippen LogP contribution is -2.33. The minimum absolute atomic E-state index is 0. The van der Waals surface area contributed by atoms with Crippen molar-refractivity contribution in [3.8, 4) is 0 Å². The van der Waals surface area contributed by atoms with Gasteiger partial charge in [0, 0.05) is 5.92 Å². The molecular formula is C21H44O2. The zero-order valence-corrected chi connectivity index (χ0v) is 15.2. The second kappa shape index (κ2) is 8.34. The predicted molar refractivity (Wildman–Crippen MR) is 102 cm³/mol. The van der Waals surface area contributed by atoms with Gasteiger partial charge in [-0.1, -0.05) is 49.5 Å². The summed E-state index contributed by atoms with van der Waals surface area (Å²) in [5.74, 6) is 2.64. The van der Waals surface area contributed by atoms with E-state index in [2.05, 4.69) is 48.5 Å². The molecule has 0 amide bonds. The van der Waals surface area contributed by atoms with Gasteiger partial charge in [-0.25, -0.2) is 0 Å². The zero-order valence-electron chi connectivity index (χ0n) is 15.2. The number of hydrogen-bond donors (Lipinski definition) is 0. The van der Waals surface area contributed by atoms with Crippen molar-refractivity contribution in [2.24, 2.45) is 23.7 Å². The molecule has 2 heterocycles. The van der Waals surface area contributed by atoms with Gasteiger partial charge in [0.2, 0.25) is 0 Å². The van der Waals surface area contributed by atoms with Crippen LogP contribution in [0.1, 0.15) is 89.0 Å². The van der Waals surface area contributed by atoms with Crippen LogP contribution in [0.15, 0.2) is 0 Å². The van der Waals surface area contributed by atoms with Crippen molar-refractivity contribution in [3.05, 3.63) is 0 Å². The molecule has 0 spiro atoms. The zero-order chi connectivity index (χ0) is 15.8. The lowest BCUT2D eigenvalue weighted by atomic mass is 9.81. The quantitative estimate of drug-likeness (QED) is 0.587. The smallest absolute Gasteiger partial charge is 0.0687 e. The van der Waals surface area contributed by atoms with E-state index in [1.54, 1.807) is 0 Å². The van der Waals surface area contributed by atoms with Gasteiger partial charge in [0.05, 0.1) is 23.9 Å². The van der Waals surface area contributed by atoms with E-state index in [1.807, 2.05) is 0 Å². The fourth-order valence-corrected chi connectivity index (χ4v) is 4.68. The third kappa shape index (κ3) is 5.46. The molecule has 23 heavy (non-hydrogen) atoms. The summed E-state index contributed by atoms with van der Waals surface area (Å²) < 4.78 is 12.8. The molecule has 0 aliphatic carbocycles. The Hall–Kier alpha value is -0.0800. The molecule has 0 aromatic carbocycles. The maximum absolute atomic E-state index is 6.57. The maximum atomic E-state index is 6.57. The van der Waals surface area contributed by atoms with Gasteiger partial charge in [-0.15, -0.1) is 0 Å². The SMILES string of the molecule is C.C.CC(C)CC1(C)CC(C2CC(C)C(C)(CC(C)C)O2)CO1. The topological polar surface area (TPSA) is 18.5 Å². The third-order valence-electron chi connectivity index (χ3n) is 5.57. The summed E-state index contributed by atoms with van der Waals surface area (Å²) in [6, 6.07) is 0. The summed E-state index contributed by atoms with van der Waals surface area (Å²) in [6.07, 6.45) is 5.10. The molecule has 2 aliphatic rings. The molecule has 0 N–H and O–H groups in total. The highest BCUT2D eigenvalue weighted by Gasteiger charge is 2.48. The van der Waals surface area contributed by atoms with Gasteiger partial charge in [-0.05, 0) is 57.3 Å². The Morgan fingerprint density at radius 3 is 2.09 bits per heavy atom. The first kappa shape index (κ1) is 22.9. The molecule has 2 heteroatoms. The molecular weight excluding hydrogens is 284 g/mol. The summed E-state index contributed by atoms with van der Waals surface area (Å²) in [7, 11) is 0. The predicted octanol–water partition coefficient (Wildman–Crippen LogP) is 6.33. The molecule has 0 radical (unpaired) electrons. The Labute approximate surface area is 146 Å². The normalized spacial score (nSPS) is 40.3. The fraction of sp³-hybridized carbons (Fsp3) is 1.00. The van der Waals surface area contributed by atoms with E-state index in [9.17, 15) is 0 Å². The molecule has 0 saturated carbocycles. The molecule has 5 unspecified atom stereocenters. The van der Waals surface area contributed by atoms with E-state index in [4.69, 9.17) is 9.47 Å². The summed E-state index contributed by atoms with van der Waals surface area (Å²) in [6.45, 7) is 17.0. The van der Waals surface area contributed by atoms with Crippen molar-refractivity contribution in [2.45, 2.75) is 106 Å². The van der Waals surface area contributed by atoms with E-state index in [-0.39, 0.29) is 26.1 Å². The number of ether oxygens (including phenoxy) is 2. The molecule has 0 aromatic heterocycles. The van der Waals surface area contributed by atoms with Gasteiger partial charge in [0.25, 0.3) is 0 Å². The average molecular weight is 329 g/mol. The molecule has 5 atom stereocenters. The molecule has 0 aromatic rings. The van der Waals surface area contributed by atoms with Crippen LogP contribution in [-0.2, 0) is 9.47 Å². The average Bonchev–Trinajstić information content (AvgIpc) is 2.80. The van der Waals surface area contributed by atoms with E-state index in [1.165, 1.54) is 19.3 Å². The number of rotatable bonds is 5. The highest BCUT2D eigenvalue weighted by Crippen LogP contribution is 2.46. The van der Waals surface area contributed by atoms with Gasteiger partial charge in [0.1, 0.15) is 0 Å². The molecule has 0 bridgehead atoms. The lowest BCUT2D eigenvalue weighted by Gasteiger charge is -2.31. The van der Waals surface area contributed by atoms with Crippen LogP contribution in [0.4, 0.5) is 0 Å². The van der Waals surface area contributed by atoms with Crippen molar-refractivity contribution in [1.29, 1.82) is 0 Å². The second-order valence-corrected chi connectivity index (χ2v) is 9.03. The maximum Gasteiger partial charge on any atom is 0.0687 e. The van der Waals surface area contributed by atoms with Crippen molar-refractivity contribution in [3.63, 3.8) is 0 Å². The van der Waals surface area contributed by atoms with Gasteiger partial charge in [-0.3, -0.25) is 0 Å². The van der Waals surface area contributed by atoms with Crippen molar-refractivity contribution in [2.75, 3.05) is 6.61 Å². The fourth-order valence-electron chi connectivity index (χ4n) is 4.68. The van der Waals surface area contributed by atoms with Gasteiger partial charge in [0.15, 0.2) is 0 Å². The molecule has 140 valence electrons. The monoisotopic (exact) mass is 328 g/mol. The van der Waals surface area contributed by atoms with E-state index >= 15 is 0 Å². The molecule has 2 nitrogen and oxygen atoms in total. The first-order valence-corrected chi connectivity index (χ1v) is 8.95. The van der Waals surface area contributed by atoms with Crippen LogP contribution in [0.2, 0.25) is 0 Å².